The summed E-state index contributed by atoms with van der Waals surface area (Å²) in [6, 6.07) is 10.5. The van der Waals surface area contributed by atoms with Crippen LogP contribution < -0.4 is 5.73 Å². The fourth-order valence-corrected chi connectivity index (χ4v) is 3.05. The molecule has 1 fully saturated rings. The number of nitrogens with zero attached hydrogens (tertiary/aromatic N) is 1. The van der Waals surface area contributed by atoms with Gasteiger partial charge in [0.2, 0.25) is 0 Å². The van der Waals surface area contributed by atoms with Crippen molar-refractivity contribution in [2.24, 2.45) is 11.7 Å². The summed E-state index contributed by atoms with van der Waals surface area (Å²) in [6.07, 6.45) is 4.12. The number of ether oxygens (including phenoxy) is 1. The van der Waals surface area contributed by atoms with E-state index in [1.165, 1.54) is 10.9 Å². The number of fused-ring (bicyclic) bond motifs is 1. The summed E-state index contributed by atoms with van der Waals surface area (Å²) in [7, 11) is 0. The highest BCUT2D eigenvalue weighted by atomic mass is 16.5. The number of nitrogens with two attached hydrogens (primary N) is 1. The Bertz CT molecular complexity index is 564. The first-order chi connectivity index (χ1) is 9.25. The third-order valence-corrected chi connectivity index (χ3v) is 4.18. The zero-order valence-corrected chi connectivity index (χ0v) is 11.3. The Morgan fingerprint density at radius 2 is 2.21 bits per heavy atom. The molecule has 1 aliphatic heterocycles. The summed E-state index contributed by atoms with van der Waals surface area (Å²) >= 11 is 0. The lowest BCUT2D eigenvalue weighted by atomic mass is 9.89. The molecule has 0 saturated carbocycles. The van der Waals surface area contributed by atoms with Gasteiger partial charge in [-0.2, -0.15) is 0 Å². The maximum atomic E-state index is 6.39. The van der Waals surface area contributed by atoms with Gasteiger partial charge >= 0.3 is 0 Å². The van der Waals surface area contributed by atoms with Crippen LogP contribution in [0.25, 0.3) is 10.9 Å². The first-order valence-corrected chi connectivity index (χ1v) is 6.95. The molecule has 0 bridgehead atoms. The van der Waals surface area contributed by atoms with E-state index in [2.05, 4.69) is 30.1 Å². The molecule has 3 atom stereocenters. The van der Waals surface area contributed by atoms with Crippen molar-refractivity contribution < 1.29 is 4.74 Å². The van der Waals surface area contributed by atoms with Crippen LogP contribution in [0.15, 0.2) is 36.5 Å². The molecule has 2 aromatic rings. The van der Waals surface area contributed by atoms with E-state index in [0.717, 1.165) is 25.0 Å². The lowest BCUT2D eigenvalue weighted by Crippen LogP contribution is -2.36. The van der Waals surface area contributed by atoms with Gasteiger partial charge in [0.1, 0.15) is 0 Å². The van der Waals surface area contributed by atoms with E-state index < -0.39 is 0 Å². The van der Waals surface area contributed by atoms with Crippen LogP contribution in [-0.4, -0.2) is 23.7 Å². The molecular weight excluding hydrogens is 236 g/mol. The zero-order chi connectivity index (χ0) is 13.2. The van der Waals surface area contributed by atoms with Gasteiger partial charge in [0.25, 0.3) is 0 Å². The fourth-order valence-electron chi connectivity index (χ4n) is 3.05. The van der Waals surface area contributed by atoms with Crippen LogP contribution in [0.1, 0.15) is 18.9 Å². The number of benzene rings is 1. The summed E-state index contributed by atoms with van der Waals surface area (Å²) in [5.41, 5.74) is 8.73. The lowest BCUT2D eigenvalue weighted by Gasteiger charge is -2.22. The molecule has 2 heterocycles. The van der Waals surface area contributed by atoms with Crippen molar-refractivity contribution in [3.63, 3.8) is 0 Å². The average molecular weight is 256 g/mol. The molecule has 1 aromatic heterocycles. The Labute approximate surface area is 113 Å². The van der Waals surface area contributed by atoms with Crippen molar-refractivity contribution in [3.8, 4) is 0 Å². The molecule has 2 N–H and O–H groups in total. The van der Waals surface area contributed by atoms with Gasteiger partial charge in [0, 0.05) is 30.1 Å². The summed E-state index contributed by atoms with van der Waals surface area (Å²) in [5, 5.41) is 1.21. The summed E-state index contributed by atoms with van der Waals surface area (Å²) in [6.45, 7) is 2.97. The van der Waals surface area contributed by atoms with Gasteiger partial charge in [-0.1, -0.05) is 18.2 Å². The first-order valence-electron chi connectivity index (χ1n) is 6.95. The molecule has 19 heavy (non-hydrogen) atoms. The van der Waals surface area contributed by atoms with Crippen molar-refractivity contribution in [1.29, 1.82) is 0 Å². The van der Waals surface area contributed by atoms with E-state index in [1.54, 1.807) is 0 Å². The van der Waals surface area contributed by atoms with Crippen molar-refractivity contribution >= 4 is 10.9 Å². The number of rotatable bonds is 3. The third kappa shape index (κ3) is 2.48. The summed E-state index contributed by atoms with van der Waals surface area (Å²) in [4.78, 5) is 4.40. The highest BCUT2D eigenvalue weighted by Gasteiger charge is 2.29. The average Bonchev–Trinajstić information content (AvgIpc) is 2.85. The first kappa shape index (κ1) is 12.6. The minimum absolute atomic E-state index is 0.156. The molecule has 100 valence electrons. The SMILES string of the molecule is CC1OCCC1C(N)Cc1ccnc2ccccc12. The standard InChI is InChI=1S/C16H20N2O/c1-11-13(7-9-19-11)15(17)10-12-6-8-18-16-5-3-2-4-14(12)16/h2-6,8,11,13,15H,7,9-10,17H2,1H3. The van der Waals surface area contributed by atoms with Crippen molar-refractivity contribution in [1.82, 2.24) is 4.98 Å². The molecule has 1 saturated heterocycles. The van der Waals surface area contributed by atoms with Gasteiger partial charge in [-0.3, -0.25) is 4.98 Å². The largest absolute Gasteiger partial charge is 0.378 e. The quantitative estimate of drug-likeness (QED) is 0.918. The van der Waals surface area contributed by atoms with E-state index in [4.69, 9.17) is 10.5 Å². The van der Waals surface area contributed by atoms with Gasteiger partial charge in [-0.05, 0) is 37.5 Å². The Morgan fingerprint density at radius 1 is 1.37 bits per heavy atom. The lowest BCUT2D eigenvalue weighted by molar-refractivity contribution is 0.0995. The minimum atomic E-state index is 0.156. The number of para-hydroxylation sites is 1. The van der Waals surface area contributed by atoms with Crippen molar-refractivity contribution in [3.05, 3.63) is 42.1 Å². The highest BCUT2D eigenvalue weighted by molar-refractivity contribution is 5.81. The molecule has 3 unspecified atom stereocenters. The Balaban J connectivity index is 1.85. The number of hydrogen-bond donors (Lipinski definition) is 1. The summed E-state index contributed by atoms with van der Waals surface area (Å²) < 4.78 is 5.62. The van der Waals surface area contributed by atoms with Gasteiger partial charge in [-0.25, -0.2) is 0 Å². The summed E-state index contributed by atoms with van der Waals surface area (Å²) in [5.74, 6) is 0.465. The van der Waals surface area contributed by atoms with Crippen LogP contribution in [0.5, 0.6) is 0 Å². The molecule has 0 radical (unpaired) electrons. The van der Waals surface area contributed by atoms with E-state index >= 15 is 0 Å². The molecule has 1 aliphatic rings. The molecular formula is C16H20N2O. The van der Waals surface area contributed by atoms with Gasteiger partial charge in [-0.15, -0.1) is 0 Å². The maximum Gasteiger partial charge on any atom is 0.0704 e. The van der Waals surface area contributed by atoms with Crippen LogP contribution in [0.3, 0.4) is 0 Å². The number of hydrogen-bond acceptors (Lipinski definition) is 3. The minimum Gasteiger partial charge on any atom is -0.378 e. The molecule has 3 rings (SSSR count). The molecule has 1 aromatic carbocycles. The number of aromatic nitrogens is 1. The normalized spacial score (nSPS) is 24.7. The topological polar surface area (TPSA) is 48.1 Å². The smallest absolute Gasteiger partial charge is 0.0704 e. The third-order valence-electron chi connectivity index (χ3n) is 4.18. The van der Waals surface area contributed by atoms with E-state index in [0.29, 0.717) is 5.92 Å². The maximum absolute atomic E-state index is 6.39. The van der Waals surface area contributed by atoms with E-state index in [-0.39, 0.29) is 12.1 Å². The fraction of sp³-hybridized carbons (Fsp3) is 0.438. The van der Waals surface area contributed by atoms with Gasteiger partial charge in [0.15, 0.2) is 0 Å². The Kier molecular flexibility index (Phi) is 3.49. The van der Waals surface area contributed by atoms with Crippen molar-refractivity contribution in [2.75, 3.05) is 6.61 Å². The zero-order valence-electron chi connectivity index (χ0n) is 11.3. The molecule has 0 amide bonds. The molecule has 3 heteroatoms. The molecule has 0 aliphatic carbocycles. The van der Waals surface area contributed by atoms with Crippen molar-refractivity contribution in [2.45, 2.75) is 31.9 Å². The Hall–Kier alpha value is -1.45. The highest BCUT2D eigenvalue weighted by Crippen LogP contribution is 2.26. The van der Waals surface area contributed by atoms with Crippen LogP contribution in [0, 0.1) is 5.92 Å². The second-order valence-corrected chi connectivity index (χ2v) is 5.38. The van der Waals surface area contributed by atoms with Gasteiger partial charge in [0.05, 0.1) is 11.6 Å². The number of pyridine rings is 1. The Morgan fingerprint density at radius 3 is 3.00 bits per heavy atom. The second-order valence-electron chi connectivity index (χ2n) is 5.38. The monoisotopic (exact) mass is 256 g/mol. The predicted octanol–water partition coefficient (Wildman–Crippen LogP) is 2.53. The predicted molar refractivity (Wildman–Crippen MR) is 76.9 cm³/mol. The van der Waals surface area contributed by atoms with Crippen LogP contribution >= 0.6 is 0 Å². The van der Waals surface area contributed by atoms with Gasteiger partial charge < -0.3 is 10.5 Å². The second kappa shape index (κ2) is 5.27. The molecule has 0 spiro atoms. The van der Waals surface area contributed by atoms with Crippen LogP contribution in [-0.2, 0) is 11.2 Å². The van der Waals surface area contributed by atoms with E-state index in [9.17, 15) is 0 Å². The van der Waals surface area contributed by atoms with Crippen LogP contribution in [0.4, 0.5) is 0 Å². The van der Waals surface area contributed by atoms with Crippen LogP contribution in [0.2, 0.25) is 0 Å². The van der Waals surface area contributed by atoms with E-state index in [1.807, 2.05) is 18.3 Å². The molecule has 3 nitrogen and oxygen atoms in total.